The van der Waals surface area contributed by atoms with E-state index in [0.29, 0.717) is 25.1 Å². The summed E-state index contributed by atoms with van der Waals surface area (Å²) in [6, 6.07) is 4.65. The van der Waals surface area contributed by atoms with Crippen molar-refractivity contribution in [1.29, 1.82) is 0 Å². The van der Waals surface area contributed by atoms with Gasteiger partial charge in [0.15, 0.2) is 5.96 Å². The summed E-state index contributed by atoms with van der Waals surface area (Å²) in [5, 5.41) is 10.4. The number of aryl methyl sites for hydroxylation is 2. The van der Waals surface area contributed by atoms with Gasteiger partial charge in [0.2, 0.25) is 0 Å². The van der Waals surface area contributed by atoms with Crippen molar-refractivity contribution in [1.82, 2.24) is 20.4 Å². The van der Waals surface area contributed by atoms with Gasteiger partial charge >= 0.3 is 6.18 Å². The molecular weight excluding hydrogens is 501 g/mol. The van der Waals surface area contributed by atoms with E-state index < -0.39 is 17.6 Å². The Morgan fingerprint density at radius 3 is 2.45 bits per heavy atom. The molecule has 0 bridgehead atoms. The second kappa shape index (κ2) is 10.8. The van der Waals surface area contributed by atoms with Gasteiger partial charge in [-0.2, -0.15) is 18.3 Å². The average molecular weight is 527 g/mol. The number of aromatic nitrogens is 2. The lowest BCUT2D eigenvalue weighted by molar-refractivity contribution is -0.138. The van der Waals surface area contributed by atoms with Crippen molar-refractivity contribution >= 4 is 29.9 Å². The van der Waals surface area contributed by atoms with Gasteiger partial charge in [-0.05, 0) is 43.5 Å². The highest BCUT2D eigenvalue weighted by Crippen LogP contribution is 2.32. The molecule has 0 fully saturated rings. The number of hydrogen-bond acceptors (Lipinski definition) is 2. The van der Waals surface area contributed by atoms with E-state index in [2.05, 4.69) is 20.7 Å². The predicted molar refractivity (Wildman–Crippen MR) is 116 cm³/mol. The van der Waals surface area contributed by atoms with Gasteiger partial charge in [-0.15, -0.1) is 24.0 Å². The number of rotatable bonds is 6. The van der Waals surface area contributed by atoms with E-state index in [1.807, 2.05) is 31.5 Å². The Bertz CT molecular complexity index is 832. The van der Waals surface area contributed by atoms with Crippen LogP contribution in [0.2, 0.25) is 0 Å². The smallest absolute Gasteiger partial charge is 0.356 e. The summed E-state index contributed by atoms with van der Waals surface area (Å²) in [4.78, 5) is 4.03. The topological polar surface area (TPSA) is 54.2 Å². The first-order valence-electron chi connectivity index (χ1n) is 8.91. The monoisotopic (exact) mass is 527 g/mol. The summed E-state index contributed by atoms with van der Waals surface area (Å²) >= 11 is 0. The van der Waals surface area contributed by atoms with Crippen LogP contribution >= 0.6 is 24.0 Å². The van der Waals surface area contributed by atoms with Gasteiger partial charge in [0.25, 0.3) is 0 Å². The van der Waals surface area contributed by atoms with E-state index >= 15 is 0 Å². The SMILES string of the molecule is CN=C(NCc1ccc(F)cc1C(F)(F)F)NCC(C)Cn1nc(C)cc1C.I. The third-order valence-electron chi connectivity index (χ3n) is 4.25. The number of aliphatic imine (C=N–C) groups is 1. The Labute approximate surface area is 185 Å². The Morgan fingerprint density at radius 1 is 1.21 bits per heavy atom. The number of halogens is 5. The first kappa shape index (κ1) is 25.2. The van der Waals surface area contributed by atoms with E-state index in [0.717, 1.165) is 23.5 Å². The van der Waals surface area contributed by atoms with Crippen LogP contribution in [0.3, 0.4) is 0 Å². The Morgan fingerprint density at radius 2 is 1.90 bits per heavy atom. The van der Waals surface area contributed by atoms with E-state index in [9.17, 15) is 17.6 Å². The van der Waals surface area contributed by atoms with Crippen molar-refractivity contribution in [2.24, 2.45) is 10.9 Å². The minimum Gasteiger partial charge on any atom is -0.356 e. The van der Waals surface area contributed by atoms with Crippen LogP contribution in [0, 0.1) is 25.6 Å². The van der Waals surface area contributed by atoms with Crippen LogP contribution < -0.4 is 10.6 Å². The molecular formula is C19H26F4IN5. The molecule has 0 amide bonds. The molecule has 0 aliphatic carbocycles. The molecule has 1 aromatic carbocycles. The first-order chi connectivity index (χ1) is 13.1. The molecule has 0 aliphatic heterocycles. The molecule has 1 heterocycles. The fraction of sp³-hybridized carbons (Fsp3) is 0.474. The van der Waals surface area contributed by atoms with Gasteiger partial charge in [-0.1, -0.05) is 13.0 Å². The molecule has 29 heavy (non-hydrogen) atoms. The summed E-state index contributed by atoms with van der Waals surface area (Å²) in [6.45, 7) is 7.11. The van der Waals surface area contributed by atoms with Crippen molar-refractivity contribution in [3.63, 3.8) is 0 Å². The highest BCUT2D eigenvalue weighted by atomic mass is 127. The van der Waals surface area contributed by atoms with Gasteiger partial charge < -0.3 is 10.6 Å². The number of nitrogens with one attached hydrogen (secondary N) is 2. The Hall–Kier alpha value is -1.85. The fourth-order valence-electron chi connectivity index (χ4n) is 2.86. The largest absolute Gasteiger partial charge is 0.416 e. The second-order valence-corrected chi connectivity index (χ2v) is 6.82. The Kier molecular flexibility index (Phi) is 9.37. The molecule has 10 heteroatoms. The molecule has 1 unspecified atom stereocenters. The average Bonchev–Trinajstić information content (AvgIpc) is 2.92. The minimum absolute atomic E-state index is 0. The van der Waals surface area contributed by atoms with E-state index in [-0.39, 0.29) is 42.0 Å². The third-order valence-corrected chi connectivity index (χ3v) is 4.25. The normalized spacial score (nSPS) is 13.0. The summed E-state index contributed by atoms with van der Waals surface area (Å²) in [5.74, 6) is -0.331. The standard InChI is InChI=1S/C19H25F4N5.HI/c1-12(11-28-14(3)7-13(2)27-28)9-25-18(24-4)26-10-15-5-6-16(20)8-17(15)19(21,22)23;/h5-8,12H,9-11H2,1-4H3,(H2,24,25,26);1H. The second-order valence-electron chi connectivity index (χ2n) is 6.82. The van der Waals surface area contributed by atoms with E-state index in [1.54, 1.807) is 0 Å². The zero-order valence-electron chi connectivity index (χ0n) is 16.8. The van der Waals surface area contributed by atoms with Crippen LogP contribution in [0.4, 0.5) is 17.6 Å². The molecule has 2 N–H and O–H groups in total. The Balaban J connectivity index is 0.00000420. The van der Waals surface area contributed by atoms with Gasteiger partial charge in [-0.25, -0.2) is 4.39 Å². The molecule has 1 atom stereocenters. The third kappa shape index (κ3) is 7.48. The predicted octanol–water partition coefficient (Wildman–Crippen LogP) is 4.28. The highest BCUT2D eigenvalue weighted by Gasteiger charge is 2.33. The van der Waals surface area contributed by atoms with Gasteiger partial charge in [-0.3, -0.25) is 9.67 Å². The molecule has 2 rings (SSSR count). The van der Waals surface area contributed by atoms with Crippen LogP contribution in [-0.2, 0) is 19.3 Å². The van der Waals surface area contributed by atoms with Crippen LogP contribution in [-0.4, -0.2) is 29.3 Å². The summed E-state index contributed by atoms with van der Waals surface area (Å²) in [5.41, 5.74) is 0.985. The lowest BCUT2D eigenvalue weighted by atomic mass is 10.1. The van der Waals surface area contributed by atoms with Crippen LogP contribution in [0.5, 0.6) is 0 Å². The lowest BCUT2D eigenvalue weighted by Gasteiger charge is -2.18. The molecule has 0 radical (unpaired) electrons. The highest BCUT2D eigenvalue weighted by molar-refractivity contribution is 14.0. The summed E-state index contributed by atoms with van der Waals surface area (Å²) < 4.78 is 54.4. The van der Waals surface area contributed by atoms with Crippen LogP contribution in [0.15, 0.2) is 29.3 Å². The van der Waals surface area contributed by atoms with Gasteiger partial charge in [0.05, 0.1) is 11.3 Å². The van der Waals surface area contributed by atoms with Crippen molar-refractivity contribution in [3.8, 4) is 0 Å². The first-order valence-corrected chi connectivity index (χ1v) is 8.91. The number of benzene rings is 1. The van der Waals surface area contributed by atoms with E-state index in [1.165, 1.54) is 7.05 Å². The lowest BCUT2D eigenvalue weighted by Crippen LogP contribution is -2.40. The van der Waals surface area contributed by atoms with Gasteiger partial charge in [0.1, 0.15) is 5.82 Å². The zero-order valence-corrected chi connectivity index (χ0v) is 19.1. The molecule has 1 aromatic heterocycles. The fourth-order valence-corrected chi connectivity index (χ4v) is 2.86. The quantitative estimate of drug-likeness (QED) is 0.255. The summed E-state index contributed by atoms with van der Waals surface area (Å²) in [7, 11) is 1.54. The van der Waals surface area contributed by atoms with Gasteiger partial charge in [0, 0.05) is 32.4 Å². The minimum atomic E-state index is -4.62. The molecule has 0 aliphatic rings. The zero-order chi connectivity index (χ0) is 20.9. The molecule has 5 nitrogen and oxygen atoms in total. The molecule has 162 valence electrons. The maximum atomic E-state index is 13.2. The number of nitrogens with zero attached hydrogens (tertiary/aromatic N) is 3. The molecule has 0 saturated carbocycles. The number of alkyl halides is 3. The van der Waals surface area contributed by atoms with Crippen molar-refractivity contribution < 1.29 is 17.6 Å². The van der Waals surface area contributed by atoms with Crippen LogP contribution in [0.1, 0.15) is 29.4 Å². The maximum Gasteiger partial charge on any atom is 0.416 e. The summed E-state index contributed by atoms with van der Waals surface area (Å²) in [6.07, 6.45) is -4.62. The molecule has 0 spiro atoms. The van der Waals surface area contributed by atoms with Crippen molar-refractivity contribution in [3.05, 3.63) is 52.6 Å². The maximum absolute atomic E-state index is 13.2. The van der Waals surface area contributed by atoms with Crippen molar-refractivity contribution in [2.45, 2.75) is 40.0 Å². The van der Waals surface area contributed by atoms with Crippen LogP contribution in [0.25, 0.3) is 0 Å². The number of guanidine groups is 1. The van der Waals surface area contributed by atoms with E-state index in [4.69, 9.17) is 0 Å². The molecule has 2 aromatic rings. The molecule has 0 saturated heterocycles. The number of hydrogen-bond donors (Lipinski definition) is 2. The van der Waals surface area contributed by atoms with Crippen molar-refractivity contribution in [2.75, 3.05) is 13.6 Å².